The van der Waals surface area contributed by atoms with Gasteiger partial charge in [0, 0.05) is 28.7 Å². The Morgan fingerprint density at radius 1 is 0.544 bits per heavy atom. The number of rotatable bonds is 4. The minimum Gasteiger partial charge on any atom is -0.485 e. The maximum Gasteiger partial charge on any atom is 0.160 e. The lowest BCUT2D eigenvalue weighted by Gasteiger charge is -2.45. The molecule has 57 heavy (non-hydrogen) atoms. The van der Waals surface area contributed by atoms with Crippen LogP contribution in [0.4, 0.5) is 0 Å². The number of allylic oxidation sites excluding steroid dienone is 3. The van der Waals surface area contributed by atoms with E-state index in [0.717, 1.165) is 57.8 Å². The molecular weight excluding hydrogens is 693 g/mol. The number of ether oxygens (including phenoxy) is 1. The quantitative estimate of drug-likeness (QED) is 0.181. The first-order chi connectivity index (χ1) is 28.2. The molecular formula is C54H36N2O. The lowest BCUT2D eigenvalue weighted by atomic mass is 9.63. The molecule has 4 aliphatic rings. The van der Waals surface area contributed by atoms with Gasteiger partial charge in [-0.25, -0.2) is 9.97 Å². The smallest absolute Gasteiger partial charge is 0.160 e. The highest BCUT2D eigenvalue weighted by Crippen LogP contribution is 2.61. The molecule has 7 aromatic carbocycles. The van der Waals surface area contributed by atoms with Crippen molar-refractivity contribution in [2.45, 2.75) is 24.4 Å². The third kappa shape index (κ3) is 4.85. The molecule has 8 aromatic rings. The van der Waals surface area contributed by atoms with Gasteiger partial charge in [-0.15, -0.1) is 0 Å². The molecule has 0 fully saturated rings. The van der Waals surface area contributed by atoms with Crippen LogP contribution in [0.15, 0.2) is 188 Å². The molecule has 0 saturated carbocycles. The number of aromatic nitrogens is 2. The van der Waals surface area contributed by atoms with Gasteiger partial charge in [-0.1, -0.05) is 152 Å². The minimum absolute atomic E-state index is 0.0266. The van der Waals surface area contributed by atoms with Crippen LogP contribution >= 0.6 is 0 Å². The van der Waals surface area contributed by atoms with Gasteiger partial charge in [-0.05, 0) is 104 Å². The van der Waals surface area contributed by atoms with Crippen molar-refractivity contribution >= 4 is 16.8 Å². The molecule has 0 saturated heterocycles. The molecule has 1 spiro atoms. The van der Waals surface area contributed by atoms with Crippen molar-refractivity contribution in [3.63, 3.8) is 0 Å². The number of benzene rings is 7. The maximum atomic E-state index is 6.86. The predicted molar refractivity (Wildman–Crippen MR) is 232 cm³/mol. The number of hydrogen-bond donors (Lipinski definition) is 0. The summed E-state index contributed by atoms with van der Waals surface area (Å²) < 4.78 is 6.86. The standard InChI is InChI=1S/C54H36N2O/c1-2-13-35(14-3-1)53-55-48(33-49(56-53)41-30-39-19-10-15-34-16-11-20-40(31-41)52(34)39)38-18-12-17-36(29-38)37-27-28-51-47(32-37)54(46-25-8-9-26-50(46)57-51)44-23-6-4-21-42(44)43-22-5-7-24-45(43)54/h1-15,17-25,27-33,50H,16,26H2. The van der Waals surface area contributed by atoms with Crippen LogP contribution in [0.1, 0.15) is 34.2 Å². The van der Waals surface area contributed by atoms with E-state index in [2.05, 4.69) is 170 Å². The summed E-state index contributed by atoms with van der Waals surface area (Å²) in [6.45, 7) is 0. The van der Waals surface area contributed by atoms with Crippen molar-refractivity contribution in [2.75, 3.05) is 0 Å². The normalized spacial score (nSPS) is 16.4. The third-order valence-corrected chi connectivity index (χ3v) is 12.4. The van der Waals surface area contributed by atoms with Crippen LogP contribution in [0.3, 0.4) is 0 Å². The van der Waals surface area contributed by atoms with Crippen LogP contribution in [0.2, 0.25) is 0 Å². The number of fused-ring (bicyclic) bond motifs is 9. The van der Waals surface area contributed by atoms with Crippen LogP contribution in [0, 0.1) is 0 Å². The van der Waals surface area contributed by atoms with E-state index in [-0.39, 0.29) is 6.10 Å². The van der Waals surface area contributed by atoms with Crippen molar-refractivity contribution in [3.05, 3.63) is 215 Å². The maximum absolute atomic E-state index is 6.86. The summed E-state index contributed by atoms with van der Waals surface area (Å²) in [5.41, 5.74) is 17.0. The summed E-state index contributed by atoms with van der Waals surface area (Å²) >= 11 is 0. The van der Waals surface area contributed by atoms with Gasteiger partial charge in [0.2, 0.25) is 0 Å². The van der Waals surface area contributed by atoms with Gasteiger partial charge in [-0.3, -0.25) is 0 Å². The van der Waals surface area contributed by atoms with E-state index in [4.69, 9.17) is 14.7 Å². The first-order valence-corrected chi connectivity index (χ1v) is 19.9. The Morgan fingerprint density at radius 3 is 2.11 bits per heavy atom. The first-order valence-electron chi connectivity index (χ1n) is 19.9. The molecule has 2 heterocycles. The van der Waals surface area contributed by atoms with Gasteiger partial charge >= 0.3 is 0 Å². The fourth-order valence-corrected chi connectivity index (χ4v) is 9.96. The van der Waals surface area contributed by atoms with Gasteiger partial charge in [0.1, 0.15) is 11.9 Å². The lowest BCUT2D eigenvalue weighted by molar-refractivity contribution is 0.205. The lowest BCUT2D eigenvalue weighted by Crippen LogP contribution is -2.42. The van der Waals surface area contributed by atoms with E-state index in [0.29, 0.717) is 5.82 Å². The topological polar surface area (TPSA) is 35.0 Å². The summed E-state index contributed by atoms with van der Waals surface area (Å²) in [5, 5.41) is 2.57. The molecule has 0 amide bonds. The van der Waals surface area contributed by atoms with Crippen LogP contribution < -0.4 is 4.74 Å². The molecule has 3 nitrogen and oxygen atoms in total. The van der Waals surface area contributed by atoms with E-state index in [9.17, 15) is 0 Å². The van der Waals surface area contributed by atoms with Gasteiger partial charge in [-0.2, -0.15) is 0 Å². The SMILES string of the molecule is C1=CCC2Oc3ccc(-c4cccc(-c5cc(-c6cc7c8c(cccc8c6)CC=C7)nc(-c6ccccc6)n5)c4)cc3C3(C2=C1)c1ccccc1-c1ccccc13. The summed E-state index contributed by atoms with van der Waals surface area (Å²) in [7, 11) is 0. The molecule has 12 rings (SSSR count). The molecule has 1 unspecified atom stereocenters. The van der Waals surface area contributed by atoms with E-state index >= 15 is 0 Å². The van der Waals surface area contributed by atoms with Crippen molar-refractivity contribution in [1.82, 2.24) is 9.97 Å². The third-order valence-electron chi connectivity index (χ3n) is 12.4. The largest absolute Gasteiger partial charge is 0.485 e. The zero-order valence-electron chi connectivity index (χ0n) is 31.2. The summed E-state index contributed by atoms with van der Waals surface area (Å²) in [4.78, 5) is 10.4. The predicted octanol–water partition coefficient (Wildman–Crippen LogP) is 12.8. The molecule has 1 aromatic heterocycles. The summed E-state index contributed by atoms with van der Waals surface area (Å²) in [5.74, 6) is 1.66. The molecule has 1 atom stereocenters. The van der Waals surface area contributed by atoms with Gasteiger partial charge in [0.25, 0.3) is 0 Å². The number of hydrogen-bond acceptors (Lipinski definition) is 3. The highest BCUT2D eigenvalue weighted by molar-refractivity contribution is 5.98. The summed E-state index contributed by atoms with van der Waals surface area (Å²) in [6, 6.07) is 57.1. The van der Waals surface area contributed by atoms with Gasteiger partial charge < -0.3 is 4.74 Å². The highest BCUT2D eigenvalue weighted by Gasteiger charge is 2.53. The van der Waals surface area contributed by atoms with Crippen LogP contribution in [-0.2, 0) is 11.8 Å². The average molecular weight is 729 g/mol. The van der Waals surface area contributed by atoms with E-state index in [1.54, 1.807) is 0 Å². The summed E-state index contributed by atoms with van der Waals surface area (Å²) in [6.07, 6.45) is 13.0. The Labute approximate surface area is 332 Å². The van der Waals surface area contributed by atoms with Crippen LogP contribution in [-0.4, -0.2) is 16.1 Å². The van der Waals surface area contributed by atoms with Crippen molar-refractivity contribution in [3.8, 4) is 61.9 Å². The van der Waals surface area contributed by atoms with Crippen molar-refractivity contribution in [2.24, 2.45) is 0 Å². The van der Waals surface area contributed by atoms with E-state index in [1.165, 1.54) is 55.3 Å². The van der Waals surface area contributed by atoms with Crippen LogP contribution in [0.5, 0.6) is 5.75 Å². The van der Waals surface area contributed by atoms with E-state index < -0.39 is 5.41 Å². The molecule has 3 heteroatoms. The molecule has 268 valence electrons. The molecule has 0 radical (unpaired) electrons. The van der Waals surface area contributed by atoms with Crippen molar-refractivity contribution in [1.29, 1.82) is 0 Å². The van der Waals surface area contributed by atoms with Gasteiger partial charge in [0.05, 0.1) is 16.8 Å². The highest BCUT2D eigenvalue weighted by atomic mass is 16.5. The second-order valence-corrected chi connectivity index (χ2v) is 15.5. The average Bonchev–Trinajstić information content (AvgIpc) is 3.57. The second-order valence-electron chi connectivity index (χ2n) is 15.5. The Morgan fingerprint density at radius 2 is 1.26 bits per heavy atom. The molecule has 1 aliphatic heterocycles. The minimum atomic E-state index is -0.453. The molecule has 3 aliphatic carbocycles. The Balaban J connectivity index is 1.02. The fraction of sp³-hybridized carbons (Fsp3) is 0.0741. The van der Waals surface area contributed by atoms with Crippen molar-refractivity contribution < 1.29 is 4.74 Å². The Hall–Kier alpha value is -7.10. The number of nitrogens with zero attached hydrogens (tertiary/aromatic N) is 2. The Bertz CT molecular complexity index is 3010. The monoisotopic (exact) mass is 728 g/mol. The molecule has 0 N–H and O–H groups in total. The Kier molecular flexibility index (Phi) is 7.03. The zero-order valence-corrected chi connectivity index (χ0v) is 31.2. The first kappa shape index (κ1) is 32.2. The molecule has 0 bridgehead atoms. The van der Waals surface area contributed by atoms with Gasteiger partial charge in [0.15, 0.2) is 5.82 Å². The van der Waals surface area contributed by atoms with Crippen LogP contribution in [0.25, 0.3) is 73.0 Å². The fourth-order valence-electron chi connectivity index (χ4n) is 9.96. The second kappa shape index (κ2) is 12.5. The zero-order chi connectivity index (χ0) is 37.5. The van der Waals surface area contributed by atoms with E-state index in [1.807, 2.05) is 18.2 Å².